The van der Waals surface area contributed by atoms with E-state index in [0.29, 0.717) is 6.42 Å². The molecule has 0 rings (SSSR count). The van der Waals surface area contributed by atoms with E-state index >= 15 is 0 Å². The molecule has 0 unspecified atom stereocenters. The van der Waals surface area contributed by atoms with Crippen molar-refractivity contribution in [3.8, 4) is 0 Å². The molecule has 64 valence electrons. The van der Waals surface area contributed by atoms with Gasteiger partial charge in [0.2, 0.25) is 5.91 Å². The van der Waals surface area contributed by atoms with Crippen LogP contribution in [0.5, 0.6) is 0 Å². The summed E-state index contributed by atoms with van der Waals surface area (Å²) < 4.78 is 0. The summed E-state index contributed by atoms with van der Waals surface area (Å²) in [5.41, 5.74) is 5.02. The number of carbonyl (C=O) groups is 2. The number of nitrogens with two attached hydrogens (primary N) is 1. The lowest BCUT2D eigenvalue weighted by molar-refractivity contribution is -0.120. The van der Waals surface area contributed by atoms with Crippen molar-refractivity contribution in [2.75, 3.05) is 6.54 Å². The molecule has 11 heavy (non-hydrogen) atoms. The van der Waals surface area contributed by atoms with E-state index in [2.05, 4.69) is 5.32 Å². The Morgan fingerprint density at radius 1 is 1.55 bits per heavy atom. The second-order valence-corrected chi connectivity index (χ2v) is 2.45. The number of hydrogen-bond acceptors (Lipinski definition) is 3. The third kappa shape index (κ3) is 4.50. The number of Topliss-reactive ketones (excluding diaryl/α,β-unsaturated/α-hetero) is 1. The molecule has 0 aromatic carbocycles. The van der Waals surface area contributed by atoms with Crippen molar-refractivity contribution >= 4 is 11.7 Å². The molecule has 0 saturated heterocycles. The zero-order valence-corrected chi connectivity index (χ0v) is 6.89. The Morgan fingerprint density at radius 3 is 2.36 bits per heavy atom. The molecule has 0 aliphatic carbocycles. The fraction of sp³-hybridized carbons (Fsp3) is 0.714. The van der Waals surface area contributed by atoms with Crippen LogP contribution in [0, 0.1) is 0 Å². The quantitative estimate of drug-likeness (QED) is 0.562. The highest BCUT2D eigenvalue weighted by Crippen LogP contribution is 1.87. The van der Waals surface area contributed by atoms with Gasteiger partial charge < -0.3 is 5.73 Å². The summed E-state index contributed by atoms with van der Waals surface area (Å²) >= 11 is 0. The standard InChI is InChI=1S/C7H14N2O2/c1-3-6(7(8)11)9-4-5(2)10/h6,9H,3-4H2,1-2H3,(H2,8,11)/t6-/m0/s1. The second kappa shape index (κ2) is 4.85. The molecular weight excluding hydrogens is 144 g/mol. The third-order valence-electron chi connectivity index (χ3n) is 1.35. The molecule has 0 aliphatic rings. The van der Waals surface area contributed by atoms with Gasteiger partial charge in [0.15, 0.2) is 0 Å². The van der Waals surface area contributed by atoms with Gasteiger partial charge in [-0.3, -0.25) is 14.9 Å². The van der Waals surface area contributed by atoms with Crippen molar-refractivity contribution in [3.63, 3.8) is 0 Å². The third-order valence-corrected chi connectivity index (χ3v) is 1.35. The first-order chi connectivity index (χ1) is 5.07. The van der Waals surface area contributed by atoms with Crippen molar-refractivity contribution in [3.05, 3.63) is 0 Å². The largest absolute Gasteiger partial charge is 0.368 e. The van der Waals surface area contributed by atoms with Gasteiger partial charge in [0.25, 0.3) is 0 Å². The Bertz CT molecular complexity index is 157. The molecule has 1 amide bonds. The van der Waals surface area contributed by atoms with E-state index in [9.17, 15) is 9.59 Å². The van der Waals surface area contributed by atoms with Gasteiger partial charge in [-0.2, -0.15) is 0 Å². The van der Waals surface area contributed by atoms with Gasteiger partial charge in [-0.25, -0.2) is 0 Å². The maximum atomic E-state index is 10.6. The molecule has 4 nitrogen and oxygen atoms in total. The van der Waals surface area contributed by atoms with Gasteiger partial charge in [0.1, 0.15) is 5.78 Å². The predicted molar refractivity (Wildman–Crippen MR) is 42.0 cm³/mol. The molecule has 0 heterocycles. The second-order valence-electron chi connectivity index (χ2n) is 2.45. The summed E-state index contributed by atoms with van der Waals surface area (Å²) in [4.78, 5) is 21.1. The fourth-order valence-electron chi connectivity index (χ4n) is 0.713. The summed E-state index contributed by atoms with van der Waals surface area (Å²) in [7, 11) is 0. The summed E-state index contributed by atoms with van der Waals surface area (Å²) in [6.07, 6.45) is 0.614. The van der Waals surface area contributed by atoms with Crippen LogP contribution in [0.15, 0.2) is 0 Å². The summed E-state index contributed by atoms with van der Waals surface area (Å²) in [6.45, 7) is 3.50. The maximum Gasteiger partial charge on any atom is 0.234 e. The van der Waals surface area contributed by atoms with Gasteiger partial charge in [-0.05, 0) is 13.3 Å². The molecule has 0 saturated carbocycles. The van der Waals surface area contributed by atoms with Crippen molar-refractivity contribution in [2.45, 2.75) is 26.3 Å². The highest BCUT2D eigenvalue weighted by Gasteiger charge is 2.11. The van der Waals surface area contributed by atoms with Crippen molar-refractivity contribution < 1.29 is 9.59 Å². The smallest absolute Gasteiger partial charge is 0.234 e. The van der Waals surface area contributed by atoms with E-state index in [1.807, 2.05) is 6.92 Å². The molecule has 1 atom stereocenters. The van der Waals surface area contributed by atoms with Gasteiger partial charge in [-0.1, -0.05) is 6.92 Å². The lowest BCUT2D eigenvalue weighted by atomic mass is 10.2. The molecule has 0 aliphatic heterocycles. The summed E-state index contributed by atoms with van der Waals surface area (Å²) in [5.74, 6) is -0.404. The number of carbonyl (C=O) groups excluding carboxylic acids is 2. The average molecular weight is 158 g/mol. The first-order valence-corrected chi connectivity index (χ1v) is 3.60. The molecule has 0 radical (unpaired) electrons. The molecule has 0 aromatic heterocycles. The topological polar surface area (TPSA) is 72.2 Å². The zero-order valence-electron chi connectivity index (χ0n) is 6.89. The van der Waals surface area contributed by atoms with Gasteiger partial charge >= 0.3 is 0 Å². The Balaban J connectivity index is 3.70. The molecule has 0 fully saturated rings. The van der Waals surface area contributed by atoms with Crippen LogP contribution in [0.25, 0.3) is 0 Å². The number of amides is 1. The van der Waals surface area contributed by atoms with Crippen LogP contribution in [-0.4, -0.2) is 24.3 Å². The Morgan fingerprint density at radius 2 is 2.09 bits per heavy atom. The van der Waals surface area contributed by atoms with E-state index in [1.165, 1.54) is 6.92 Å². The SMILES string of the molecule is CC[C@H](NCC(C)=O)C(N)=O. The Hall–Kier alpha value is -0.900. The van der Waals surface area contributed by atoms with E-state index in [0.717, 1.165) is 0 Å². The van der Waals surface area contributed by atoms with E-state index in [1.54, 1.807) is 0 Å². The number of ketones is 1. The molecular formula is C7H14N2O2. The molecule has 0 aromatic rings. The van der Waals surface area contributed by atoms with Crippen LogP contribution in [0.4, 0.5) is 0 Å². The molecule has 0 spiro atoms. The predicted octanol–water partition coefficient (Wildman–Crippen LogP) is -0.571. The van der Waals surface area contributed by atoms with Crippen molar-refractivity contribution in [1.29, 1.82) is 0 Å². The van der Waals surface area contributed by atoms with Gasteiger partial charge in [0, 0.05) is 0 Å². The number of hydrogen-bond donors (Lipinski definition) is 2. The maximum absolute atomic E-state index is 10.6. The van der Waals surface area contributed by atoms with Crippen LogP contribution in [0.1, 0.15) is 20.3 Å². The summed E-state index contributed by atoms with van der Waals surface area (Å²) in [6, 6.07) is -0.376. The number of primary amides is 1. The number of nitrogens with one attached hydrogen (secondary N) is 1. The lowest BCUT2D eigenvalue weighted by Crippen LogP contribution is -2.42. The number of rotatable bonds is 5. The van der Waals surface area contributed by atoms with E-state index in [-0.39, 0.29) is 18.4 Å². The first-order valence-electron chi connectivity index (χ1n) is 3.60. The minimum Gasteiger partial charge on any atom is -0.368 e. The zero-order chi connectivity index (χ0) is 8.85. The van der Waals surface area contributed by atoms with Crippen LogP contribution < -0.4 is 11.1 Å². The van der Waals surface area contributed by atoms with Crippen LogP contribution >= 0.6 is 0 Å². The lowest BCUT2D eigenvalue weighted by Gasteiger charge is -2.10. The van der Waals surface area contributed by atoms with Crippen LogP contribution in [0.3, 0.4) is 0 Å². The van der Waals surface area contributed by atoms with Gasteiger partial charge in [-0.15, -0.1) is 0 Å². The van der Waals surface area contributed by atoms with Gasteiger partial charge in [0.05, 0.1) is 12.6 Å². The minimum absolute atomic E-state index is 0.00435. The highest BCUT2D eigenvalue weighted by molar-refractivity contribution is 5.82. The highest BCUT2D eigenvalue weighted by atomic mass is 16.1. The molecule has 0 bridgehead atoms. The monoisotopic (exact) mass is 158 g/mol. The van der Waals surface area contributed by atoms with E-state index in [4.69, 9.17) is 5.73 Å². The van der Waals surface area contributed by atoms with Crippen molar-refractivity contribution in [1.82, 2.24) is 5.32 Å². The average Bonchev–Trinajstić information content (AvgIpc) is 1.87. The van der Waals surface area contributed by atoms with Crippen LogP contribution in [-0.2, 0) is 9.59 Å². The van der Waals surface area contributed by atoms with Crippen molar-refractivity contribution in [2.24, 2.45) is 5.73 Å². The van der Waals surface area contributed by atoms with E-state index < -0.39 is 5.91 Å². The normalized spacial score (nSPS) is 12.5. The first kappa shape index (κ1) is 10.1. The Kier molecular flexibility index (Phi) is 4.45. The minimum atomic E-state index is -0.409. The molecule has 4 heteroatoms. The Labute approximate surface area is 66.1 Å². The summed E-state index contributed by atoms with van der Waals surface area (Å²) in [5, 5.41) is 2.74. The molecule has 3 N–H and O–H groups in total. The van der Waals surface area contributed by atoms with Crippen LogP contribution in [0.2, 0.25) is 0 Å². The fourth-order valence-corrected chi connectivity index (χ4v) is 0.713.